The highest BCUT2D eigenvalue weighted by atomic mass is 32.2. The average Bonchev–Trinajstić information content (AvgIpc) is 3.13. The van der Waals surface area contributed by atoms with Gasteiger partial charge >= 0.3 is 0 Å². The Morgan fingerprint density at radius 2 is 1.74 bits per heavy atom. The zero-order chi connectivity index (χ0) is 28.6. The molecule has 4 rings (SSSR count). The molecule has 0 spiro atoms. The first kappa shape index (κ1) is 28.5. The molecule has 1 aliphatic heterocycles. The molecule has 2 N–H and O–H groups in total. The van der Waals surface area contributed by atoms with E-state index in [0.29, 0.717) is 42.2 Å². The molecular formula is C29H37N5O4S. The number of hydrogen-bond donors (Lipinski definition) is 1. The van der Waals surface area contributed by atoms with Gasteiger partial charge in [-0.05, 0) is 61.9 Å². The van der Waals surface area contributed by atoms with Crippen molar-refractivity contribution in [2.24, 2.45) is 11.3 Å². The fourth-order valence-electron chi connectivity index (χ4n) is 4.83. The standard InChI is InChI=1S/C29H37N5O4S/c1-19-15-29(5,6)34(16-19)27-20(23(35)17-39(36,37)26-12-8-10-24(30)33-26)13-14-22(32-27)21-9-7-11-25(31-21)38-18-28(2,3)4/h7-14,19H,15-18H2,1-6H3,(H2,30,33). The van der Waals surface area contributed by atoms with Crippen LogP contribution in [0.25, 0.3) is 11.4 Å². The minimum atomic E-state index is -4.01. The second-order valence-electron chi connectivity index (χ2n) is 12.1. The van der Waals surface area contributed by atoms with Crippen LogP contribution in [0.5, 0.6) is 5.88 Å². The maximum absolute atomic E-state index is 13.5. The largest absolute Gasteiger partial charge is 0.477 e. The van der Waals surface area contributed by atoms with Gasteiger partial charge in [-0.25, -0.2) is 23.4 Å². The van der Waals surface area contributed by atoms with Crippen LogP contribution in [0.15, 0.2) is 53.6 Å². The molecule has 1 aliphatic rings. The third-order valence-electron chi connectivity index (χ3n) is 6.53. The molecule has 0 aromatic carbocycles. The minimum absolute atomic E-state index is 0.0233. The summed E-state index contributed by atoms with van der Waals surface area (Å²) in [6.45, 7) is 13.8. The van der Waals surface area contributed by atoms with Gasteiger partial charge in [-0.1, -0.05) is 39.8 Å². The fraction of sp³-hybridized carbons (Fsp3) is 0.448. The molecule has 0 bridgehead atoms. The van der Waals surface area contributed by atoms with E-state index in [4.69, 9.17) is 15.5 Å². The highest BCUT2D eigenvalue weighted by molar-refractivity contribution is 7.92. The van der Waals surface area contributed by atoms with Crippen LogP contribution in [0.3, 0.4) is 0 Å². The number of pyridine rings is 3. The predicted octanol–water partition coefficient (Wildman–Crippen LogP) is 4.83. The molecule has 1 fully saturated rings. The molecule has 0 aliphatic carbocycles. The monoisotopic (exact) mass is 551 g/mol. The highest BCUT2D eigenvalue weighted by Crippen LogP contribution is 2.38. The van der Waals surface area contributed by atoms with Gasteiger partial charge in [0.25, 0.3) is 0 Å². The number of nitrogens with two attached hydrogens (primary N) is 1. The molecule has 208 valence electrons. The summed E-state index contributed by atoms with van der Waals surface area (Å²) in [5, 5.41) is -0.228. The van der Waals surface area contributed by atoms with Crippen molar-refractivity contribution in [2.45, 2.75) is 58.5 Å². The Morgan fingerprint density at radius 1 is 1.05 bits per heavy atom. The molecule has 0 saturated carbocycles. The number of carbonyl (C=O) groups excluding carboxylic acids is 1. The lowest BCUT2D eigenvalue weighted by Crippen LogP contribution is -2.40. The van der Waals surface area contributed by atoms with Crippen molar-refractivity contribution in [3.05, 3.63) is 54.1 Å². The van der Waals surface area contributed by atoms with Crippen LogP contribution in [0.2, 0.25) is 0 Å². The Balaban J connectivity index is 1.73. The highest BCUT2D eigenvalue weighted by Gasteiger charge is 2.39. The topological polar surface area (TPSA) is 128 Å². The summed E-state index contributed by atoms with van der Waals surface area (Å²) >= 11 is 0. The van der Waals surface area contributed by atoms with Crippen molar-refractivity contribution in [1.29, 1.82) is 0 Å². The van der Waals surface area contributed by atoms with Gasteiger partial charge in [0.15, 0.2) is 10.8 Å². The van der Waals surface area contributed by atoms with Crippen molar-refractivity contribution in [3.8, 4) is 17.3 Å². The lowest BCUT2D eigenvalue weighted by Gasteiger charge is -2.34. The average molecular weight is 552 g/mol. The quantitative estimate of drug-likeness (QED) is 0.392. The summed E-state index contributed by atoms with van der Waals surface area (Å²) in [5.41, 5.74) is 6.79. The smallest absolute Gasteiger partial charge is 0.213 e. The first-order chi connectivity index (χ1) is 18.1. The first-order valence-electron chi connectivity index (χ1n) is 13.0. The first-order valence-corrected chi connectivity index (χ1v) is 14.7. The number of Topliss-reactive ketones (excluding diaryl/α,β-unsaturated/α-hetero) is 1. The van der Waals surface area contributed by atoms with Crippen molar-refractivity contribution in [1.82, 2.24) is 15.0 Å². The van der Waals surface area contributed by atoms with E-state index < -0.39 is 21.4 Å². The van der Waals surface area contributed by atoms with Gasteiger partial charge in [-0.3, -0.25) is 4.79 Å². The minimum Gasteiger partial charge on any atom is -0.477 e. The van der Waals surface area contributed by atoms with Crippen molar-refractivity contribution in [2.75, 3.05) is 29.5 Å². The van der Waals surface area contributed by atoms with Gasteiger partial charge in [0.05, 0.1) is 23.6 Å². The van der Waals surface area contributed by atoms with Gasteiger partial charge in [0, 0.05) is 18.2 Å². The molecule has 39 heavy (non-hydrogen) atoms. The molecule has 1 saturated heterocycles. The summed E-state index contributed by atoms with van der Waals surface area (Å²) in [4.78, 5) is 29.1. The zero-order valence-electron chi connectivity index (χ0n) is 23.4. The van der Waals surface area contributed by atoms with Crippen LogP contribution in [0.4, 0.5) is 11.6 Å². The van der Waals surface area contributed by atoms with E-state index in [1.165, 1.54) is 18.2 Å². The number of hydrogen-bond acceptors (Lipinski definition) is 9. The van der Waals surface area contributed by atoms with Gasteiger partial charge < -0.3 is 15.4 Å². The van der Waals surface area contributed by atoms with Gasteiger partial charge in [0.2, 0.25) is 15.7 Å². The van der Waals surface area contributed by atoms with Gasteiger partial charge in [0.1, 0.15) is 17.4 Å². The van der Waals surface area contributed by atoms with E-state index in [-0.39, 0.29) is 27.4 Å². The van der Waals surface area contributed by atoms with Crippen LogP contribution in [-0.2, 0) is 9.84 Å². The number of sulfone groups is 1. The number of anilines is 2. The van der Waals surface area contributed by atoms with E-state index in [2.05, 4.69) is 56.4 Å². The molecule has 0 radical (unpaired) electrons. The number of ether oxygens (including phenoxy) is 1. The summed E-state index contributed by atoms with van der Waals surface area (Å²) in [5.74, 6) is 0.0894. The van der Waals surface area contributed by atoms with E-state index in [9.17, 15) is 13.2 Å². The molecular weight excluding hydrogens is 514 g/mol. The summed E-state index contributed by atoms with van der Waals surface area (Å²) < 4.78 is 32.0. The van der Waals surface area contributed by atoms with E-state index in [1.54, 1.807) is 18.2 Å². The SMILES string of the molecule is CC1CN(c2nc(-c3cccc(OCC(C)(C)C)n3)ccc2C(=O)CS(=O)(=O)c2cccc(N)n2)C(C)(C)C1. The maximum Gasteiger partial charge on any atom is 0.213 e. The number of ketones is 1. The molecule has 3 aromatic rings. The number of carbonyl (C=O) groups is 1. The molecule has 1 atom stereocenters. The molecule has 1 unspecified atom stereocenters. The Kier molecular flexibility index (Phi) is 7.71. The van der Waals surface area contributed by atoms with Gasteiger partial charge in [-0.15, -0.1) is 0 Å². The van der Waals surface area contributed by atoms with Crippen LogP contribution >= 0.6 is 0 Å². The second kappa shape index (κ2) is 10.6. The van der Waals surface area contributed by atoms with Crippen LogP contribution in [-0.4, -0.2) is 53.6 Å². The molecule has 0 amide bonds. The predicted molar refractivity (Wildman–Crippen MR) is 153 cm³/mol. The van der Waals surface area contributed by atoms with Crippen LogP contribution < -0.4 is 15.4 Å². The second-order valence-corrected chi connectivity index (χ2v) is 14.0. The molecule has 10 heteroatoms. The van der Waals surface area contributed by atoms with Crippen molar-refractivity contribution >= 4 is 27.3 Å². The Bertz CT molecular complexity index is 1480. The van der Waals surface area contributed by atoms with E-state index >= 15 is 0 Å². The lowest BCUT2D eigenvalue weighted by molar-refractivity contribution is 0.102. The molecule has 9 nitrogen and oxygen atoms in total. The lowest BCUT2D eigenvalue weighted by atomic mass is 9.97. The van der Waals surface area contributed by atoms with Crippen LogP contribution in [0, 0.1) is 11.3 Å². The zero-order valence-corrected chi connectivity index (χ0v) is 24.2. The third-order valence-corrected chi connectivity index (χ3v) is 8.03. The summed E-state index contributed by atoms with van der Waals surface area (Å²) in [7, 11) is -4.01. The molecule has 4 heterocycles. The number of nitrogen functional groups attached to an aromatic ring is 1. The number of nitrogens with zero attached hydrogens (tertiary/aromatic N) is 4. The maximum atomic E-state index is 13.5. The van der Waals surface area contributed by atoms with Crippen molar-refractivity contribution < 1.29 is 17.9 Å². The van der Waals surface area contributed by atoms with E-state index in [0.717, 1.165) is 6.42 Å². The van der Waals surface area contributed by atoms with Crippen LogP contribution in [0.1, 0.15) is 58.3 Å². The Labute approximate surface area is 230 Å². The Morgan fingerprint density at radius 3 is 2.38 bits per heavy atom. The summed E-state index contributed by atoms with van der Waals surface area (Å²) in [6, 6.07) is 13.2. The van der Waals surface area contributed by atoms with Crippen molar-refractivity contribution in [3.63, 3.8) is 0 Å². The number of aromatic nitrogens is 3. The number of rotatable bonds is 8. The van der Waals surface area contributed by atoms with Gasteiger partial charge in [-0.2, -0.15) is 0 Å². The third kappa shape index (κ3) is 6.73. The normalized spacial score (nSPS) is 17.3. The fourth-order valence-corrected chi connectivity index (χ4v) is 6.01. The Hall–Kier alpha value is -3.53. The van der Waals surface area contributed by atoms with E-state index in [1.807, 2.05) is 12.1 Å². The summed E-state index contributed by atoms with van der Waals surface area (Å²) in [6.07, 6.45) is 0.909. The molecule has 3 aromatic heterocycles.